The van der Waals surface area contributed by atoms with Crippen LogP contribution < -0.4 is 10.6 Å². The molecule has 2 atom stereocenters. The number of amides is 2. The predicted octanol–water partition coefficient (Wildman–Crippen LogP) is 3.54. The smallest absolute Gasteiger partial charge is 0.319 e. The quantitative estimate of drug-likeness (QED) is 0.460. The van der Waals surface area contributed by atoms with Gasteiger partial charge in [0.15, 0.2) is 0 Å². The topological polar surface area (TPSA) is 79.9 Å². The van der Waals surface area contributed by atoms with Crippen molar-refractivity contribution in [1.29, 1.82) is 0 Å². The SMILES string of the molecule is COC(=O)CCCCCCNC(=O)Nc1ccccc1CN1CC(C)OC(C)C1. The molecule has 1 aliphatic rings. The van der Waals surface area contributed by atoms with E-state index in [1.54, 1.807) is 0 Å². The van der Waals surface area contributed by atoms with E-state index in [1.807, 2.05) is 18.2 Å². The van der Waals surface area contributed by atoms with Gasteiger partial charge >= 0.3 is 12.0 Å². The third kappa shape index (κ3) is 8.83. The number of nitrogens with one attached hydrogen (secondary N) is 2. The highest BCUT2D eigenvalue weighted by molar-refractivity contribution is 5.90. The van der Waals surface area contributed by atoms with Crippen LogP contribution in [0, 0.1) is 0 Å². The molecule has 0 spiro atoms. The van der Waals surface area contributed by atoms with E-state index in [4.69, 9.17) is 4.74 Å². The van der Waals surface area contributed by atoms with Gasteiger partial charge in [-0.05, 0) is 38.3 Å². The molecule has 0 aliphatic carbocycles. The highest BCUT2D eigenvalue weighted by Crippen LogP contribution is 2.20. The van der Waals surface area contributed by atoms with Gasteiger partial charge in [0, 0.05) is 38.3 Å². The second kappa shape index (κ2) is 12.4. The third-order valence-corrected chi connectivity index (χ3v) is 4.98. The Bertz CT molecular complexity index is 643. The average Bonchev–Trinajstić information content (AvgIpc) is 2.67. The standard InChI is InChI=1S/C22H35N3O4/c1-17-14-25(15-18(2)29-17)16-19-10-7-8-11-20(19)24-22(27)23-13-9-5-4-6-12-21(26)28-3/h7-8,10-11,17-18H,4-6,9,12-16H2,1-3H3,(H2,23,24,27). The van der Waals surface area contributed by atoms with Crippen molar-refractivity contribution in [2.45, 2.75) is 64.7 Å². The minimum Gasteiger partial charge on any atom is -0.469 e. The molecule has 0 radical (unpaired) electrons. The van der Waals surface area contributed by atoms with Crippen LogP contribution in [0.15, 0.2) is 24.3 Å². The van der Waals surface area contributed by atoms with Gasteiger partial charge in [-0.2, -0.15) is 0 Å². The molecule has 29 heavy (non-hydrogen) atoms. The van der Waals surface area contributed by atoms with Crippen LogP contribution >= 0.6 is 0 Å². The van der Waals surface area contributed by atoms with Crippen LogP contribution in [-0.4, -0.2) is 55.9 Å². The maximum atomic E-state index is 12.3. The first-order valence-corrected chi connectivity index (χ1v) is 10.5. The Kier molecular flexibility index (Phi) is 9.94. The van der Waals surface area contributed by atoms with Gasteiger partial charge in [0.05, 0.1) is 19.3 Å². The molecule has 7 nitrogen and oxygen atoms in total. The lowest BCUT2D eigenvalue weighted by Crippen LogP contribution is -2.45. The van der Waals surface area contributed by atoms with E-state index in [9.17, 15) is 9.59 Å². The second-order valence-corrected chi connectivity index (χ2v) is 7.73. The zero-order chi connectivity index (χ0) is 21.1. The van der Waals surface area contributed by atoms with Crippen molar-refractivity contribution in [2.24, 2.45) is 0 Å². The van der Waals surface area contributed by atoms with E-state index in [0.717, 1.165) is 56.6 Å². The van der Waals surface area contributed by atoms with Crippen LogP contribution in [0.5, 0.6) is 0 Å². The fraction of sp³-hybridized carbons (Fsp3) is 0.636. The van der Waals surface area contributed by atoms with Crippen molar-refractivity contribution >= 4 is 17.7 Å². The molecule has 1 heterocycles. The Morgan fingerprint density at radius 2 is 1.79 bits per heavy atom. The molecule has 0 aromatic heterocycles. The third-order valence-electron chi connectivity index (χ3n) is 4.98. The van der Waals surface area contributed by atoms with Gasteiger partial charge in [-0.3, -0.25) is 9.69 Å². The van der Waals surface area contributed by atoms with Crippen LogP contribution in [0.25, 0.3) is 0 Å². The van der Waals surface area contributed by atoms with E-state index in [2.05, 4.69) is 40.2 Å². The van der Waals surface area contributed by atoms with E-state index in [1.165, 1.54) is 7.11 Å². The molecule has 1 saturated heterocycles. The van der Waals surface area contributed by atoms with Crippen molar-refractivity contribution < 1.29 is 19.1 Å². The zero-order valence-corrected chi connectivity index (χ0v) is 17.9. The largest absolute Gasteiger partial charge is 0.469 e. The zero-order valence-electron chi connectivity index (χ0n) is 17.9. The molecule has 1 aromatic rings. The maximum Gasteiger partial charge on any atom is 0.319 e. The van der Waals surface area contributed by atoms with Crippen molar-refractivity contribution in [3.05, 3.63) is 29.8 Å². The van der Waals surface area contributed by atoms with Gasteiger partial charge in [-0.1, -0.05) is 31.0 Å². The number of methoxy groups -OCH3 is 1. The Morgan fingerprint density at radius 3 is 2.52 bits per heavy atom. The lowest BCUT2D eigenvalue weighted by atomic mass is 10.1. The molecule has 7 heteroatoms. The first-order valence-electron chi connectivity index (χ1n) is 10.5. The molecule has 0 bridgehead atoms. The minimum atomic E-state index is -0.185. The summed E-state index contributed by atoms with van der Waals surface area (Å²) >= 11 is 0. The Morgan fingerprint density at radius 1 is 1.10 bits per heavy atom. The predicted molar refractivity (Wildman–Crippen MR) is 114 cm³/mol. The van der Waals surface area contributed by atoms with E-state index < -0.39 is 0 Å². The number of hydrogen-bond donors (Lipinski definition) is 2. The molecule has 2 unspecified atom stereocenters. The van der Waals surface area contributed by atoms with Gasteiger partial charge in [0.1, 0.15) is 0 Å². The number of esters is 1. The lowest BCUT2D eigenvalue weighted by Gasteiger charge is -2.35. The summed E-state index contributed by atoms with van der Waals surface area (Å²) in [4.78, 5) is 25.7. The molecule has 162 valence electrons. The van der Waals surface area contributed by atoms with Crippen LogP contribution in [0.1, 0.15) is 51.5 Å². The normalized spacial score (nSPS) is 19.6. The summed E-state index contributed by atoms with van der Waals surface area (Å²) in [6, 6.07) is 7.75. The van der Waals surface area contributed by atoms with Crippen molar-refractivity contribution in [1.82, 2.24) is 10.2 Å². The summed E-state index contributed by atoms with van der Waals surface area (Å²) in [7, 11) is 1.41. The summed E-state index contributed by atoms with van der Waals surface area (Å²) in [5.74, 6) is -0.165. The van der Waals surface area contributed by atoms with Gasteiger partial charge in [-0.25, -0.2) is 4.79 Å². The van der Waals surface area contributed by atoms with Crippen molar-refractivity contribution in [3.8, 4) is 0 Å². The number of carbonyl (C=O) groups excluding carboxylic acids is 2. The molecular formula is C22H35N3O4. The number of unbranched alkanes of at least 4 members (excludes halogenated alkanes) is 3. The second-order valence-electron chi connectivity index (χ2n) is 7.73. The molecular weight excluding hydrogens is 370 g/mol. The number of anilines is 1. The summed E-state index contributed by atoms with van der Waals surface area (Å²) in [6.07, 6.45) is 4.54. The first kappa shape index (κ1) is 23.2. The molecule has 1 fully saturated rings. The molecule has 1 aromatic carbocycles. The number of morpholine rings is 1. The number of para-hydroxylation sites is 1. The fourth-order valence-electron chi connectivity index (χ4n) is 3.65. The molecule has 2 amide bonds. The van der Waals surface area contributed by atoms with Gasteiger partial charge < -0.3 is 20.1 Å². The number of ether oxygens (including phenoxy) is 2. The van der Waals surface area contributed by atoms with Crippen LogP contribution in [0.4, 0.5) is 10.5 Å². The van der Waals surface area contributed by atoms with E-state index >= 15 is 0 Å². The van der Waals surface area contributed by atoms with Gasteiger partial charge in [0.2, 0.25) is 0 Å². The number of nitrogens with zero attached hydrogens (tertiary/aromatic N) is 1. The van der Waals surface area contributed by atoms with Crippen molar-refractivity contribution in [3.63, 3.8) is 0 Å². The maximum absolute atomic E-state index is 12.3. The summed E-state index contributed by atoms with van der Waals surface area (Å²) in [5, 5.41) is 5.89. The fourth-order valence-corrected chi connectivity index (χ4v) is 3.65. The van der Waals surface area contributed by atoms with Crippen LogP contribution in [0.2, 0.25) is 0 Å². The number of rotatable bonds is 10. The molecule has 2 rings (SSSR count). The molecule has 2 N–H and O–H groups in total. The summed E-state index contributed by atoms with van der Waals surface area (Å²) in [6.45, 7) is 7.37. The number of urea groups is 1. The van der Waals surface area contributed by atoms with Crippen molar-refractivity contribution in [2.75, 3.05) is 32.1 Å². The monoisotopic (exact) mass is 405 g/mol. The highest BCUT2D eigenvalue weighted by Gasteiger charge is 2.22. The Labute approximate surface area is 174 Å². The van der Waals surface area contributed by atoms with E-state index in [-0.39, 0.29) is 24.2 Å². The lowest BCUT2D eigenvalue weighted by molar-refractivity contribution is -0.140. The van der Waals surface area contributed by atoms with Crippen LogP contribution in [0.3, 0.4) is 0 Å². The molecule has 1 aliphatic heterocycles. The first-order chi connectivity index (χ1) is 14.0. The minimum absolute atomic E-state index is 0.165. The molecule has 0 saturated carbocycles. The Hall–Kier alpha value is -2.12. The van der Waals surface area contributed by atoms with Crippen LogP contribution in [-0.2, 0) is 20.8 Å². The average molecular weight is 406 g/mol. The summed E-state index contributed by atoms with van der Waals surface area (Å²) < 4.78 is 10.4. The highest BCUT2D eigenvalue weighted by atomic mass is 16.5. The number of benzene rings is 1. The van der Waals surface area contributed by atoms with Gasteiger partial charge in [0.25, 0.3) is 0 Å². The van der Waals surface area contributed by atoms with E-state index in [0.29, 0.717) is 13.0 Å². The van der Waals surface area contributed by atoms with Gasteiger partial charge in [-0.15, -0.1) is 0 Å². The Balaban J connectivity index is 1.71. The number of hydrogen-bond acceptors (Lipinski definition) is 5. The summed E-state index contributed by atoms with van der Waals surface area (Å²) in [5.41, 5.74) is 1.95. The number of carbonyl (C=O) groups is 2.